The number of carbonyl (C=O) groups is 3. The van der Waals surface area contributed by atoms with Crippen LogP contribution in [0.3, 0.4) is 0 Å². The predicted octanol–water partition coefficient (Wildman–Crippen LogP) is 0.0635. The van der Waals surface area contributed by atoms with E-state index < -0.39 is 0 Å². The Balaban J connectivity index is 1.89. The number of rotatable bonds is 5. The lowest BCUT2D eigenvalue weighted by atomic mass is 9.90. The predicted molar refractivity (Wildman–Crippen MR) is 95.7 cm³/mol. The van der Waals surface area contributed by atoms with Crippen molar-refractivity contribution in [2.75, 3.05) is 39.8 Å². The first-order valence-corrected chi connectivity index (χ1v) is 9.30. The summed E-state index contributed by atoms with van der Waals surface area (Å²) >= 11 is 0. The van der Waals surface area contributed by atoms with Crippen LogP contribution in [0.1, 0.15) is 33.6 Å². The molecule has 0 aliphatic carbocycles. The number of amides is 3. The number of carbonyl (C=O) groups excluding carboxylic acids is 3. The van der Waals surface area contributed by atoms with E-state index in [1.807, 2.05) is 0 Å². The molecule has 0 bridgehead atoms. The Labute approximate surface area is 150 Å². The van der Waals surface area contributed by atoms with Crippen LogP contribution in [0.15, 0.2) is 0 Å². The van der Waals surface area contributed by atoms with E-state index in [0.29, 0.717) is 38.0 Å². The summed E-state index contributed by atoms with van der Waals surface area (Å²) in [6, 6.07) is 0.0861. The molecule has 2 aliphatic rings. The third-order valence-corrected chi connectivity index (χ3v) is 5.58. The van der Waals surface area contributed by atoms with E-state index in [1.165, 1.54) is 0 Å². The summed E-state index contributed by atoms with van der Waals surface area (Å²) in [5, 5.41) is 5.89. The van der Waals surface area contributed by atoms with Crippen molar-refractivity contribution in [3.8, 4) is 0 Å². The second kappa shape index (κ2) is 8.65. The van der Waals surface area contributed by atoms with Gasteiger partial charge in [0.2, 0.25) is 17.7 Å². The normalized spacial score (nSPS) is 25.2. The largest absolute Gasteiger partial charge is 0.358 e. The first-order chi connectivity index (χ1) is 11.8. The number of piperidine rings is 1. The molecule has 0 aromatic heterocycles. The average Bonchev–Trinajstić information content (AvgIpc) is 2.97. The van der Waals surface area contributed by atoms with Crippen molar-refractivity contribution >= 4 is 17.7 Å². The van der Waals surface area contributed by atoms with Crippen molar-refractivity contribution in [3.63, 3.8) is 0 Å². The molecule has 0 aromatic carbocycles. The lowest BCUT2D eigenvalue weighted by Crippen LogP contribution is -2.48. The summed E-state index contributed by atoms with van der Waals surface area (Å²) in [5.41, 5.74) is 0. The Morgan fingerprint density at radius 2 is 1.76 bits per heavy atom. The number of hydrogen-bond donors (Lipinski definition) is 2. The number of hydrogen-bond acceptors (Lipinski definition) is 4. The molecule has 2 saturated heterocycles. The van der Waals surface area contributed by atoms with Gasteiger partial charge in [0.05, 0.1) is 6.54 Å². The molecule has 0 spiro atoms. The molecule has 7 nitrogen and oxygen atoms in total. The van der Waals surface area contributed by atoms with Crippen LogP contribution in [0.5, 0.6) is 0 Å². The van der Waals surface area contributed by atoms with E-state index in [2.05, 4.69) is 29.4 Å². The van der Waals surface area contributed by atoms with Gasteiger partial charge in [-0.2, -0.15) is 0 Å². The summed E-state index contributed by atoms with van der Waals surface area (Å²) in [6.45, 7) is 9.16. The fourth-order valence-electron chi connectivity index (χ4n) is 3.91. The highest BCUT2D eigenvalue weighted by molar-refractivity contribution is 5.80. The Bertz CT molecular complexity index is 501. The van der Waals surface area contributed by atoms with Gasteiger partial charge >= 0.3 is 0 Å². The summed E-state index contributed by atoms with van der Waals surface area (Å²) in [4.78, 5) is 39.6. The highest BCUT2D eigenvalue weighted by Gasteiger charge is 2.37. The smallest absolute Gasteiger partial charge is 0.233 e. The van der Waals surface area contributed by atoms with Gasteiger partial charge in [0.15, 0.2) is 0 Å². The molecule has 7 heteroatoms. The number of likely N-dealkylation sites (N-methyl/N-ethyl adjacent to an activating group) is 1. The van der Waals surface area contributed by atoms with Crippen LogP contribution in [0.25, 0.3) is 0 Å². The molecule has 2 N–H and O–H groups in total. The van der Waals surface area contributed by atoms with E-state index >= 15 is 0 Å². The molecule has 0 saturated carbocycles. The first-order valence-electron chi connectivity index (χ1n) is 9.30. The minimum atomic E-state index is -0.0172. The average molecular weight is 352 g/mol. The van der Waals surface area contributed by atoms with Gasteiger partial charge in [0.1, 0.15) is 0 Å². The van der Waals surface area contributed by atoms with Crippen molar-refractivity contribution in [3.05, 3.63) is 0 Å². The van der Waals surface area contributed by atoms with Gasteiger partial charge < -0.3 is 15.5 Å². The van der Waals surface area contributed by atoms with Crippen LogP contribution >= 0.6 is 0 Å². The third kappa shape index (κ3) is 5.17. The van der Waals surface area contributed by atoms with Crippen LogP contribution in [0.2, 0.25) is 0 Å². The van der Waals surface area contributed by atoms with Crippen molar-refractivity contribution in [1.29, 1.82) is 0 Å². The van der Waals surface area contributed by atoms with Gasteiger partial charge in [-0.3, -0.25) is 19.3 Å². The minimum Gasteiger partial charge on any atom is -0.358 e. The van der Waals surface area contributed by atoms with E-state index in [9.17, 15) is 14.4 Å². The highest BCUT2D eigenvalue weighted by Crippen LogP contribution is 2.25. The van der Waals surface area contributed by atoms with Crippen molar-refractivity contribution in [1.82, 2.24) is 20.4 Å². The van der Waals surface area contributed by atoms with Crippen molar-refractivity contribution in [2.24, 2.45) is 17.8 Å². The topological polar surface area (TPSA) is 81.8 Å². The molecular formula is C18H32N4O3. The summed E-state index contributed by atoms with van der Waals surface area (Å²) in [7, 11) is 1.64. The molecule has 0 radical (unpaired) electrons. The maximum atomic E-state index is 12.7. The molecule has 3 amide bonds. The summed E-state index contributed by atoms with van der Waals surface area (Å²) < 4.78 is 0. The standard InChI is InChI=1S/C18H32N4O3/c1-12(2)15-9-21(11-17(24)19-4)10-16(15)20-18(25)14-5-7-22(8-6-14)13(3)23/h12,14-16H,5-11H2,1-4H3,(H,19,24)(H,20,25)/t15-,16+/m0/s1. The quantitative estimate of drug-likeness (QED) is 0.733. The van der Waals surface area contributed by atoms with Crippen molar-refractivity contribution in [2.45, 2.75) is 39.7 Å². The van der Waals surface area contributed by atoms with E-state index in [1.54, 1.807) is 18.9 Å². The zero-order valence-corrected chi connectivity index (χ0v) is 15.9. The molecule has 0 unspecified atom stereocenters. The summed E-state index contributed by atoms with van der Waals surface area (Å²) in [6.07, 6.45) is 1.46. The maximum absolute atomic E-state index is 12.7. The Morgan fingerprint density at radius 3 is 2.28 bits per heavy atom. The van der Waals surface area contributed by atoms with Gasteiger partial charge in [-0.1, -0.05) is 13.8 Å². The van der Waals surface area contributed by atoms with E-state index in [-0.39, 0.29) is 29.7 Å². The highest BCUT2D eigenvalue weighted by atomic mass is 16.2. The number of nitrogens with zero attached hydrogens (tertiary/aromatic N) is 2. The minimum absolute atomic E-state index is 0.00564. The van der Waals surface area contributed by atoms with Gasteiger partial charge in [0.25, 0.3) is 0 Å². The number of nitrogens with one attached hydrogen (secondary N) is 2. The molecule has 2 fully saturated rings. The van der Waals surface area contributed by atoms with Crippen molar-refractivity contribution < 1.29 is 14.4 Å². The van der Waals surface area contributed by atoms with E-state index in [0.717, 1.165) is 19.4 Å². The summed E-state index contributed by atoms with van der Waals surface area (Å²) in [5.74, 6) is 0.966. The molecule has 2 rings (SSSR count). The van der Waals surface area contributed by atoms with Crippen LogP contribution in [0, 0.1) is 17.8 Å². The van der Waals surface area contributed by atoms with Gasteiger partial charge in [-0.15, -0.1) is 0 Å². The SMILES string of the molecule is CNC(=O)CN1C[C@@H](NC(=O)C2CCN(C(C)=O)CC2)[C@H](C(C)C)C1. The lowest BCUT2D eigenvalue weighted by Gasteiger charge is -2.32. The molecule has 2 atom stereocenters. The van der Waals surface area contributed by atoms with Crippen LogP contribution in [-0.4, -0.2) is 73.3 Å². The molecule has 25 heavy (non-hydrogen) atoms. The van der Waals surface area contributed by atoms with Crippen LogP contribution in [-0.2, 0) is 14.4 Å². The van der Waals surface area contributed by atoms with E-state index in [4.69, 9.17) is 0 Å². The molecule has 0 aromatic rings. The zero-order chi connectivity index (χ0) is 18.6. The van der Waals surface area contributed by atoms with Crippen LogP contribution in [0.4, 0.5) is 0 Å². The number of likely N-dealkylation sites (tertiary alicyclic amines) is 2. The lowest BCUT2D eigenvalue weighted by molar-refractivity contribution is -0.134. The Hall–Kier alpha value is -1.63. The maximum Gasteiger partial charge on any atom is 0.233 e. The Kier molecular flexibility index (Phi) is 6.81. The van der Waals surface area contributed by atoms with Gasteiger partial charge in [-0.05, 0) is 24.7 Å². The fraction of sp³-hybridized carbons (Fsp3) is 0.833. The molecule has 2 heterocycles. The second-order valence-electron chi connectivity index (χ2n) is 7.67. The molecule has 2 aliphatic heterocycles. The molecular weight excluding hydrogens is 320 g/mol. The fourth-order valence-corrected chi connectivity index (χ4v) is 3.91. The third-order valence-electron chi connectivity index (χ3n) is 5.58. The van der Waals surface area contributed by atoms with Crippen LogP contribution < -0.4 is 10.6 Å². The second-order valence-corrected chi connectivity index (χ2v) is 7.67. The Morgan fingerprint density at radius 1 is 1.12 bits per heavy atom. The van der Waals surface area contributed by atoms with Gasteiger partial charge in [-0.25, -0.2) is 0 Å². The zero-order valence-electron chi connectivity index (χ0n) is 15.9. The monoisotopic (exact) mass is 352 g/mol. The molecule has 142 valence electrons. The first kappa shape index (κ1) is 19.7. The van der Waals surface area contributed by atoms with Gasteiger partial charge in [0, 0.05) is 52.1 Å².